The third kappa shape index (κ3) is 1.48. The zero-order valence-corrected chi connectivity index (χ0v) is 8.61. The van der Waals surface area contributed by atoms with Crippen molar-refractivity contribution >= 4 is 17.0 Å². The number of carbonyl (C=O) groups is 1. The summed E-state index contributed by atoms with van der Waals surface area (Å²) in [5.74, 6) is -1.33. The number of carboxylic acid groups (broad SMARTS) is 1. The molecule has 1 atom stereocenters. The third-order valence-corrected chi connectivity index (χ3v) is 2.61. The smallest absolute Gasteiger partial charge is 0.310 e. The molecule has 0 aliphatic rings. The van der Waals surface area contributed by atoms with Gasteiger partial charge in [-0.1, -0.05) is 0 Å². The maximum Gasteiger partial charge on any atom is 0.310 e. The SMILES string of the molecule is Cc1[nH]c2ncccc2c1[C@@H](C)C(=O)O. The molecule has 0 fully saturated rings. The zero-order chi connectivity index (χ0) is 11.0. The van der Waals surface area contributed by atoms with Crippen LogP contribution in [0.3, 0.4) is 0 Å². The van der Waals surface area contributed by atoms with Crippen LogP contribution in [0.1, 0.15) is 24.1 Å². The van der Waals surface area contributed by atoms with E-state index >= 15 is 0 Å². The fourth-order valence-electron chi connectivity index (χ4n) is 1.85. The molecule has 15 heavy (non-hydrogen) atoms. The number of hydrogen-bond donors (Lipinski definition) is 2. The molecular weight excluding hydrogens is 192 g/mol. The van der Waals surface area contributed by atoms with Crippen LogP contribution in [0.2, 0.25) is 0 Å². The largest absolute Gasteiger partial charge is 0.481 e. The molecule has 2 aromatic heterocycles. The number of H-pyrrole nitrogens is 1. The Morgan fingerprint density at radius 2 is 2.33 bits per heavy atom. The molecule has 0 aromatic carbocycles. The highest BCUT2D eigenvalue weighted by molar-refractivity contribution is 5.88. The lowest BCUT2D eigenvalue weighted by Crippen LogP contribution is -2.08. The molecule has 0 bridgehead atoms. The first-order valence-electron chi connectivity index (χ1n) is 4.77. The highest BCUT2D eigenvalue weighted by atomic mass is 16.4. The van der Waals surface area contributed by atoms with Gasteiger partial charge in [-0.3, -0.25) is 4.79 Å². The van der Waals surface area contributed by atoms with Gasteiger partial charge in [0.2, 0.25) is 0 Å². The number of rotatable bonds is 2. The first-order chi connectivity index (χ1) is 7.11. The monoisotopic (exact) mass is 204 g/mol. The van der Waals surface area contributed by atoms with Crippen molar-refractivity contribution in [2.75, 3.05) is 0 Å². The Morgan fingerprint density at radius 3 is 3.00 bits per heavy atom. The highest BCUT2D eigenvalue weighted by Gasteiger charge is 2.20. The van der Waals surface area contributed by atoms with Crippen LogP contribution in [0.4, 0.5) is 0 Å². The fraction of sp³-hybridized carbons (Fsp3) is 0.273. The van der Waals surface area contributed by atoms with Crippen LogP contribution in [0.25, 0.3) is 11.0 Å². The van der Waals surface area contributed by atoms with Gasteiger partial charge in [-0.25, -0.2) is 4.98 Å². The molecule has 0 amide bonds. The molecule has 0 radical (unpaired) electrons. The van der Waals surface area contributed by atoms with Crippen LogP contribution < -0.4 is 0 Å². The molecule has 78 valence electrons. The molecule has 2 rings (SSSR count). The van der Waals surface area contributed by atoms with Crippen molar-refractivity contribution < 1.29 is 9.90 Å². The van der Waals surface area contributed by atoms with Crippen molar-refractivity contribution in [3.8, 4) is 0 Å². The number of carboxylic acids is 1. The maximum atomic E-state index is 11.0. The molecule has 2 heterocycles. The van der Waals surface area contributed by atoms with E-state index in [2.05, 4.69) is 9.97 Å². The van der Waals surface area contributed by atoms with Crippen molar-refractivity contribution in [2.45, 2.75) is 19.8 Å². The Bertz CT molecular complexity index is 516. The van der Waals surface area contributed by atoms with E-state index < -0.39 is 11.9 Å². The van der Waals surface area contributed by atoms with Crippen molar-refractivity contribution in [3.05, 3.63) is 29.6 Å². The minimum absolute atomic E-state index is 0.511. The van der Waals surface area contributed by atoms with Crippen molar-refractivity contribution in [2.24, 2.45) is 0 Å². The molecule has 2 aromatic rings. The predicted molar refractivity (Wildman–Crippen MR) is 56.9 cm³/mol. The van der Waals surface area contributed by atoms with Gasteiger partial charge in [0.15, 0.2) is 0 Å². The van der Waals surface area contributed by atoms with Crippen LogP contribution in [0.5, 0.6) is 0 Å². The summed E-state index contributed by atoms with van der Waals surface area (Å²) in [6.45, 7) is 3.56. The van der Waals surface area contributed by atoms with Crippen molar-refractivity contribution in [3.63, 3.8) is 0 Å². The minimum atomic E-state index is -0.817. The number of pyridine rings is 1. The van der Waals surface area contributed by atoms with E-state index in [1.54, 1.807) is 13.1 Å². The van der Waals surface area contributed by atoms with Crippen LogP contribution >= 0.6 is 0 Å². The molecule has 0 unspecified atom stereocenters. The number of hydrogen-bond acceptors (Lipinski definition) is 2. The van der Waals surface area contributed by atoms with Gasteiger partial charge < -0.3 is 10.1 Å². The molecule has 4 heteroatoms. The Labute approximate surface area is 87.0 Å². The number of nitrogens with zero attached hydrogens (tertiary/aromatic N) is 1. The van der Waals surface area contributed by atoms with Gasteiger partial charge in [-0.2, -0.15) is 0 Å². The molecule has 0 aliphatic heterocycles. The topological polar surface area (TPSA) is 66.0 Å². The first-order valence-corrected chi connectivity index (χ1v) is 4.77. The van der Waals surface area contributed by atoms with Gasteiger partial charge in [0.25, 0.3) is 0 Å². The summed E-state index contributed by atoms with van der Waals surface area (Å²) < 4.78 is 0. The second-order valence-corrected chi connectivity index (χ2v) is 3.62. The Morgan fingerprint density at radius 1 is 1.60 bits per heavy atom. The molecule has 0 aliphatic carbocycles. The molecule has 2 N–H and O–H groups in total. The average Bonchev–Trinajstić information content (AvgIpc) is 2.52. The van der Waals surface area contributed by atoms with Crippen LogP contribution in [-0.2, 0) is 4.79 Å². The lowest BCUT2D eigenvalue weighted by atomic mass is 9.99. The number of fused-ring (bicyclic) bond motifs is 1. The maximum absolute atomic E-state index is 11.0. The standard InChI is InChI=1S/C11H12N2O2/c1-6(11(14)15)9-7(2)13-10-8(9)4-3-5-12-10/h3-6H,1-2H3,(H,12,13)(H,14,15)/t6-/m1/s1. The normalized spacial score (nSPS) is 12.9. The summed E-state index contributed by atoms with van der Waals surface area (Å²) in [4.78, 5) is 18.2. The predicted octanol–water partition coefficient (Wildman–Crippen LogP) is 2.06. The van der Waals surface area contributed by atoms with E-state index in [1.807, 2.05) is 19.1 Å². The van der Waals surface area contributed by atoms with Crippen molar-refractivity contribution in [1.82, 2.24) is 9.97 Å². The second-order valence-electron chi connectivity index (χ2n) is 3.62. The lowest BCUT2D eigenvalue weighted by molar-refractivity contribution is -0.138. The number of aryl methyl sites for hydroxylation is 1. The fourth-order valence-corrected chi connectivity index (χ4v) is 1.85. The van der Waals surface area contributed by atoms with Gasteiger partial charge in [-0.05, 0) is 31.5 Å². The van der Waals surface area contributed by atoms with Crippen LogP contribution in [-0.4, -0.2) is 21.0 Å². The zero-order valence-electron chi connectivity index (χ0n) is 8.61. The van der Waals surface area contributed by atoms with E-state index in [1.165, 1.54) is 0 Å². The van der Waals surface area contributed by atoms with Gasteiger partial charge in [0.05, 0.1) is 5.92 Å². The Kier molecular flexibility index (Phi) is 2.19. The van der Waals surface area contributed by atoms with E-state index in [-0.39, 0.29) is 0 Å². The third-order valence-electron chi connectivity index (χ3n) is 2.61. The molecule has 0 saturated heterocycles. The summed E-state index contributed by atoms with van der Waals surface area (Å²) in [5.41, 5.74) is 2.45. The summed E-state index contributed by atoms with van der Waals surface area (Å²) in [5, 5.41) is 9.90. The van der Waals surface area contributed by atoms with E-state index in [0.717, 1.165) is 22.3 Å². The molecule has 0 spiro atoms. The van der Waals surface area contributed by atoms with Crippen LogP contribution in [0, 0.1) is 6.92 Å². The number of aliphatic carboxylic acids is 1. The van der Waals surface area contributed by atoms with Crippen LogP contribution in [0.15, 0.2) is 18.3 Å². The first kappa shape index (κ1) is 9.71. The molecule has 0 saturated carbocycles. The van der Waals surface area contributed by atoms with Gasteiger partial charge in [0.1, 0.15) is 5.65 Å². The highest BCUT2D eigenvalue weighted by Crippen LogP contribution is 2.27. The number of nitrogens with one attached hydrogen (secondary N) is 1. The summed E-state index contributed by atoms with van der Waals surface area (Å²) >= 11 is 0. The summed E-state index contributed by atoms with van der Waals surface area (Å²) in [7, 11) is 0. The average molecular weight is 204 g/mol. The molecular formula is C11H12N2O2. The molecule has 4 nitrogen and oxygen atoms in total. The van der Waals surface area contributed by atoms with Gasteiger partial charge in [-0.15, -0.1) is 0 Å². The summed E-state index contributed by atoms with van der Waals surface area (Å²) in [6.07, 6.45) is 1.69. The Hall–Kier alpha value is -1.84. The van der Waals surface area contributed by atoms with Gasteiger partial charge >= 0.3 is 5.97 Å². The van der Waals surface area contributed by atoms with E-state index in [9.17, 15) is 4.79 Å². The van der Waals surface area contributed by atoms with E-state index in [4.69, 9.17) is 5.11 Å². The van der Waals surface area contributed by atoms with Gasteiger partial charge in [0, 0.05) is 17.3 Å². The number of aromatic nitrogens is 2. The lowest BCUT2D eigenvalue weighted by Gasteiger charge is -2.05. The number of aromatic amines is 1. The minimum Gasteiger partial charge on any atom is -0.481 e. The second kappa shape index (κ2) is 3.38. The Balaban J connectivity index is 2.68. The quantitative estimate of drug-likeness (QED) is 0.786. The summed E-state index contributed by atoms with van der Waals surface area (Å²) in [6, 6.07) is 3.70. The van der Waals surface area contributed by atoms with E-state index in [0.29, 0.717) is 0 Å². The van der Waals surface area contributed by atoms with Crippen molar-refractivity contribution in [1.29, 1.82) is 0 Å².